The van der Waals surface area contributed by atoms with Gasteiger partial charge in [0.1, 0.15) is 0 Å². The van der Waals surface area contributed by atoms with E-state index < -0.39 is 0 Å². The van der Waals surface area contributed by atoms with Crippen LogP contribution in [0.2, 0.25) is 0 Å². The fourth-order valence-corrected chi connectivity index (χ4v) is 1.62. The molecule has 1 fully saturated rings. The summed E-state index contributed by atoms with van der Waals surface area (Å²) < 4.78 is 4.57. The van der Waals surface area contributed by atoms with Gasteiger partial charge >= 0.3 is 5.97 Å². The predicted octanol–water partition coefficient (Wildman–Crippen LogP) is 1.10. The van der Waals surface area contributed by atoms with Crippen molar-refractivity contribution < 1.29 is 9.53 Å². The number of halogens is 1. The number of hydrogen-bond donors (Lipinski definition) is 1. The fourth-order valence-electron chi connectivity index (χ4n) is 1.62. The van der Waals surface area contributed by atoms with Crippen molar-refractivity contribution in [1.82, 2.24) is 0 Å². The first-order valence-electron chi connectivity index (χ1n) is 4.06. The fraction of sp³-hybridized carbons (Fsp3) is 0.875. The average Bonchev–Trinajstić information content (AvgIpc) is 2.37. The van der Waals surface area contributed by atoms with E-state index in [1.807, 2.05) is 0 Å². The Morgan fingerprint density at radius 3 is 2.67 bits per heavy atom. The Hall–Kier alpha value is -0.280. The summed E-state index contributed by atoms with van der Waals surface area (Å²) in [6, 6.07) is 0.217. The smallest absolute Gasteiger partial charge is 0.305 e. The van der Waals surface area contributed by atoms with E-state index in [4.69, 9.17) is 5.73 Å². The lowest BCUT2D eigenvalue weighted by atomic mass is 10.0. The van der Waals surface area contributed by atoms with Crippen molar-refractivity contribution in [3.05, 3.63) is 0 Å². The van der Waals surface area contributed by atoms with Crippen molar-refractivity contribution in [2.75, 3.05) is 7.11 Å². The quantitative estimate of drug-likeness (QED) is 0.669. The number of carbonyl (C=O) groups is 1. The highest BCUT2D eigenvalue weighted by Gasteiger charge is 2.26. The van der Waals surface area contributed by atoms with Gasteiger partial charge in [-0.1, -0.05) is 6.42 Å². The molecule has 1 aliphatic rings. The zero-order valence-electron chi connectivity index (χ0n) is 7.29. The SMILES string of the molecule is COC(=O)C[C@@H]1CCC[C@@H]1N.Cl. The minimum absolute atomic E-state index is 0. The van der Waals surface area contributed by atoms with E-state index in [-0.39, 0.29) is 24.4 Å². The summed E-state index contributed by atoms with van der Waals surface area (Å²) in [4.78, 5) is 10.8. The van der Waals surface area contributed by atoms with Crippen LogP contribution in [0.4, 0.5) is 0 Å². The zero-order valence-corrected chi connectivity index (χ0v) is 8.10. The molecule has 2 atom stereocenters. The molecule has 0 radical (unpaired) electrons. The third kappa shape index (κ3) is 2.99. The summed E-state index contributed by atoms with van der Waals surface area (Å²) in [5.41, 5.74) is 5.77. The lowest BCUT2D eigenvalue weighted by Crippen LogP contribution is -2.26. The molecule has 1 saturated carbocycles. The van der Waals surface area contributed by atoms with Gasteiger partial charge < -0.3 is 10.5 Å². The molecule has 2 N–H and O–H groups in total. The number of nitrogens with two attached hydrogens (primary N) is 1. The molecule has 0 aromatic heterocycles. The van der Waals surface area contributed by atoms with Crippen LogP contribution in [0.1, 0.15) is 25.7 Å². The lowest BCUT2D eigenvalue weighted by Gasteiger charge is -2.12. The summed E-state index contributed by atoms with van der Waals surface area (Å²) in [5, 5.41) is 0. The highest BCUT2D eigenvalue weighted by molar-refractivity contribution is 5.85. The molecule has 0 amide bonds. The van der Waals surface area contributed by atoms with Crippen molar-refractivity contribution >= 4 is 18.4 Å². The van der Waals surface area contributed by atoms with Gasteiger partial charge in [-0.15, -0.1) is 12.4 Å². The summed E-state index contributed by atoms with van der Waals surface area (Å²) >= 11 is 0. The number of rotatable bonds is 2. The standard InChI is InChI=1S/C8H15NO2.ClH/c1-11-8(10)5-6-3-2-4-7(6)9;/h6-7H,2-5,9H2,1H3;1H/t6-,7-;/m0./s1. The molecular formula is C8H16ClNO2. The molecule has 4 heteroatoms. The molecule has 0 unspecified atom stereocenters. The Kier molecular flexibility index (Phi) is 5.25. The number of hydrogen-bond acceptors (Lipinski definition) is 3. The monoisotopic (exact) mass is 193 g/mol. The van der Waals surface area contributed by atoms with Gasteiger partial charge in [0.2, 0.25) is 0 Å². The first-order valence-corrected chi connectivity index (χ1v) is 4.06. The highest BCUT2D eigenvalue weighted by atomic mass is 35.5. The predicted molar refractivity (Wildman–Crippen MR) is 49.2 cm³/mol. The van der Waals surface area contributed by atoms with Crippen molar-refractivity contribution in [2.24, 2.45) is 11.7 Å². The van der Waals surface area contributed by atoms with Crippen LogP contribution in [-0.4, -0.2) is 19.1 Å². The molecule has 3 nitrogen and oxygen atoms in total. The summed E-state index contributed by atoms with van der Waals surface area (Å²) in [7, 11) is 1.42. The molecule has 0 heterocycles. The van der Waals surface area contributed by atoms with Gasteiger partial charge in [-0.2, -0.15) is 0 Å². The van der Waals surface area contributed by atoms with E-state index in [1.165, 1.54) is 7.11 Å². The largest absolute Gasteiger partial charge is 0.469 e. The van der Waals surface area contributed by atoms with Crippen LogP contribution in [0.5, 0.6) is 0 Å². The molecule has 1 aliphatic carbocycles. The molecule has 1 rings (SSSR count). The normalized spacial score (nSPS) is 27.8. The van der Waals surface area contributed by atoms with E-state index in [2.05, 4.69) is 4.74 Å². The van der Waals surface area contributed by atoms with Gasteiger partial charge in [-0.25, -0.2) is 0 Å². The van der Waals surface area contributed by atoms with E-state index >= 15 is 0 Å². The Labute approximate surface area is 79.1 Å². The third-order valence-corrected chi connectivity index (χ3v) is 2.37. The Morgan fingerprint density at radius 2 is 2.25 bits per heavy atom. The van der Waals surface area contributed by atoms with Crippen LogP contribution >= 0.6 is 12.4 Å². The van der Waals surface area contributed by atoms with Crippen molar-refractivity contribution in [3.8, 4) is 0 Å². The highest BCUT2D eigenvalue weighted by Crippen LogP contribution is 2.26. The Balaban J connectivity index is 0.00000121. The Morgan fingerprint density at radius 1 is 1.58 bits per heavy atom. The summed E-state index contributed by atoms with van der Waals surface area (Å²) in [5.74, 6) is 0.231. The van der Waals surface area contributed by atoms with Gasteiger partial charge in [0.15, 0.2) is 0 Å². The van der Waals surface area contributed by atoms with Crippen LogP contribution in [0.15, 0.2) is 0 Å². The van der Waals surface area contributed by atoms with Gasteiger partial charge in [-0.05, 0) is 18.8 Å². The molecule has 12 heavy (non-hydrogen) atoms. The topological polar surface area (TPSA) is 52.3 Å². The first-order chi connectivity index (χ1) is 5.24. The minimum atomic E-state index is -0.132. The van der Waals surface area contributed by atoms with Crippen LogP contribution in [0, 0.1) is 5.92 Å². The molecule has 0 saturated heterocycles. The van der Waals surface area contributed by atoms with Crippen molar-refractivity contribution in [3.63, 3.8) is 0 Å². The molecule has 0 spiro atoms. The number of ether oxygens (including phenoxy) is 1. The average molecular weight is 194 g/mol. The third-order valence-electron chi connectivity index (χ3n) is 2.37. The molecule has 0 aromatic carbocycles. The molecule has 0 bridgehead atoms. The van der Waals surface area contributed by atoms with E-state index in [0.29, 0.717) is 12.3 Å². The van der Waals surface area contributed by atoms with Crippen molar-refractivity contribution in [1.29, 1.82) is 0 Å². The molecular weight excluding hydrogens is 178 g/mol. The number of carbonyl (C=O) groups excluding carboxylic acids is 1. The van der Waals surface area contributed by atoms with Gasteiger partial charge in [-0.3, -0.25) is 4.79 Å². The maximum absolute atomic E-state index is 10.8. The van der Waals surface area contributed by atoms with Crippen LogP contribution in [-0.2, 0) is 9.53 Å². The maximum atomic E-state index is 10.8. The van der Waals surface area contributed by atoms with Crippen LogP contribution in [0.25, 0.3) is 0 Å². The lowest BCUT2D eigenvalue weighted by molar-refractivity contribution is -0.141. The van der Waals surface area contributed by atoms with Crippen LogP contribution in [0.3, 0.4) is 0 Å². The summed E-state index contributed by atoms with van der Waals surface area (Å²) in [6.07, 6.45) is 3.79. The zero-order chi connectivity index (χ0) is 8.27. The second-order valence-electron chi connectivity index (χ2n) is 3.14. The molecule has 72 valence electrons. The minimum Gasteiger partial charge on any atom is -0.469 e. The van der Waals surface area contributed by atoms with E-state index in [9.17, 15) is 4.79 Å². The van der Waals surface area contributed by atoms with Crippen LogP contribution < -0.4 is 5.73 Å². The van der Waals surface area contributed by atoms with Gasteiger partial charge in [0, 0.05) is 12.5 Å². The maximum Gasteiger partial charge on any atom is 0.305 e. The number of esters is 1. The molecule has 0 aromatic rings. The second kappa shape index (κ2) is 5.38. The molecule has 0 aliphatic heterocycles. The van der Waals surface area contributed by atoms with E-state index in [0.717, 1.165) is 19.3 Å². The Bertz CT molecular complexity index is 152. The van der Waals surface area contributed by atoms with Crippen molar-refractivity contribution in [2.45, 2.75) is 31.7 Å². The second-order valence-corrected chi connectivity index (χ2v) is 3.14. The summed E-state index contributed by atoms with van der Waals surface area (Å²) in [6.45, 7) is 0. The number of methoxy groups -OCH3 is 1. The van der Waals surface area contributed by atoms with Gasteiger partial charge in [0.25, 0.3) is 0 Å². The van der Waals surface area contributed by atoms with E-state index in [1.54, 1.807) is 0 Å². The van der Waals surface area contributed by atoms with Gasteiger partial charge in [0.05, 0.1) is 7.11 Å². The first kappa shape index (κ1) is 11.7.